The van der Waals surface area contributed by atoms with E-state index in [2.05, 4.69) is 20.5 Å². The number of hydrogen-bond donors (Lipinski definition) is 2. The quantitative estimate of drug-likeness (QED) is 0.567. The minimum atomic E-state index is -0.146. The molecule has 0 fully saturated rings. The molecule has 5 heteroatoms. The molecule has 0 spiro atoms. The van der Waals surface area contributed by atoms with Crippen LogP contribution < -0.4 is 5.32 Å². The Morgan fingerprint density at radius 3 is 2.04 bits per heavy atom. The van der Waals surface area contributed by atoms with E-state index in [4.69, 9.17) is 0 Å². The van der Waals surface area contributed by atoms with Crippen molar-refractivity contribution in [2.75, 3.05) is 0 Å². The van der Waals surface area contributed by atoms with Crippen molar-refractivity contribution in [3.05, 3.63) is 96.3 Å². The lowest BCUT2D eigenvalue weighted by Gasteiger charge is -2.05. The summed E-state index contributed by atoms with van der Waals surface area (Å²) >= 11 is 0. The number of H-pyrrole nitrogens is 1. The molecule has 0 unspecified atom stereocenters. The summed E-state index contributed by atoms with van der Waals surface area (Å²) in [6.07, 6.45) is 0. The number of nitrogens with one attached hydrogen (secondary N) is 2. The number of amides is 1. The summed E-state index contributed by atoms with van der Waals surface area (Å²) in [7, 11) is 0. The number of carbonyl (C=O) groups excluding carboxylic acids is 1. The summed E-state index contributed by atoms with van der Waals surface area (Å²) < 4.78 is 0. The molecule has 4 rings (SSSR count). The molecule has 0 atom stereocenters. The van der Waals surface area contributed by atoms with Gasteiger partial charge in [0.25, 0.3) is 5.91 Å². The van der Waals surface area contributed by atoms with Crippen molar-refractivity contribution in [3.8, 4) is 22.5 Å². The van der Waals surface area contributed by atoms with Gasteiger partial charge in [-0.25, -0.2) is 4.98 Å². The van der Waals surface area contributed by atoms with Crippen molar-refractivity contribution in [2.24, 2.45) is 0 Å². The maximum atomic E-state index is 12.4. The summed E-state index contributed by atoms with van der Waals surface area (Å²) in [5.74, 6) is 1.09. The molecule has 5 nitrogen and oxygen atoms in total. The van der Waals surface area contributed by atoms with E-state index < -0.39 is 0 Å². The third kappa shape index (κ3) is 3.93. The Balaban J connectivity index is 1.39. The summed E-state index contributed by atoms with van der Waals surface area (Å²) in [6.45, 7) is 0.291. The molecule has 0 radical (unpaired) electrons. The average Bonchev–Trinajstić information content (AvgIpc) is 3.22. The van der Waals surface area contributed by atoms with Crippen molar-refractivity contribution >= 4 is 5.91 Å². The van der Waals surface area contributed by atoms with Crippen LogP contribution in [-0.2, 0) is 6.54 Å². The fourth-order valence-corrected chi connectivity index (χ4v) is 2.80. The van der Waals surface area contributed by atoms with Crippen LogP contribution >= 0.6 is 0 Å². The van der Waals surface area contributed by atoms with Crippen LogP contribution in [0.4, 0.5) is 0 Å². The Labute approximate surface area is 157 Å². The second-order valence-corrected chi connectivity index (χ2v) is 6.10. The summed E-state index contributed by atoms with van der Waals surface area (Å²) in [4.78, 5) is 16.8. The molecule has 1 heterocycles. The normalized spacial score (nSPS) is 10.5. The molecule has 0 aliphatic carbocycles. The number of rotatable bonds is 5. The van der Waals surface area contributed by atoms with Gasteiger partial charge in [0.15, 0.2) is 5.82 Å². The lowest BCUT2D eigenvalue weighted by atomic mass is 10.0. The molecule has 0 saturated carbocycles. The van der Waals surface area contributed by atoms with Gasteiger partial charge in [-0.2, -0.15) is 5.10 Å². The van der Waals surface area contributed by atoms with E-state index in [-0.39, 0.29) is 5.91 Å². The predicted molar refractivity (Wildman–Crippen MR) is 105 cm³/mol. The first-order chi connectivity index (χ1) is 13.3. The van der Waals surface area contributed by atoms with Gasteiger partial charge in [0.2, 0.25) is 0 Å². The Bertz CT molecular complexity index is 1020. The third-order valence-electron chi connectivity index (χ3n) is 4.23. The van der Waals surface area contributed by atoms with Crippen molar-refractivity contribution < 1.29 is 4.79 Å². The molecule has 132 valence electrons. The number of carbonyl (C=O) groups is 1. The van der Waals surface area contributed by atoms with Gasteiger partial charge in [0.05, 0.1) is 6.54 Å². The number of aromatic nitrogens is 3. The SMILES string of the molecule is O=C(NCc1nc(-c2ccccc2)n[nH]1)c1ccc(-c2ccccc2)cc1. The van der Waals surface area contributed by atoms with Gasteiger partial charge in [-0.1, -0.05) is 72.8 Å². The summed E-state index contributed by atoms with van der Waals surface area (Å²) in [5, 5.41) is 9.93. The van der Waals surface area contributed by atoms with E-state index in [1.807, 2.05) is 84.9 Å². The Hall–Kier alpha value is -3.73. The van der Waals surface area contributed by atoms with Gasteiger partial charge in [0.1, 0.15) is 5.82 Å². The smallest absolute Gasteiger partial charge is 0.251 e. The molecule has 2 N–H and O–H groups in total. The van der Waals surface area contributed by atoms with E-state index in [1.165, 1.54) is 0 Å². The van der Waals surface area contributed by atoms with Gasteiger partial charge in [0, 0.05) is 11.1 Å². The minimum absolute atomic E-state index is 0.146. The highest BCUT2D eigenvalue weighted by atomic mass is 16.1. The molecule has 0 aliphatic rings. The predicted octanol–water partition coefficient (Wildman–Crippen LogP) is 4.07. The molecular formula is C22H18N4O. The van der Waals surface area contributed by atoms with Crippen molar-refractivity contribution in [1.82, 2.24) is 20.5 Å². The number of hydrogen-bond acceptors (Lipinski definition) is 3. The largest absolute Gasteiger partial charge is 0.345 e. The summed E-state index contributed by atoms with van der Waals surface area (Å²) in [5.41, 5.74) is 3.75. The molecule has 1 aromatic heterocycles. The zero-order valence-corrected chi connectivity index (χ0v) is 14.6. The highest BCUT2D eigenvalue weighted by Gasteiger charge is 2.09. The maximum Gasteiger partial charge on any atom is 0.251 e. The second kappa shape index (κ2) is 7.66. The molecule has 27 heavy (non-hydrogen) atoms. The van der Waals surface area contributed by atoms with Crippen LogP contribution in [-0.4, -0.2) is 21.1 Å². The van der Waals surface area contributed by atoms with Gasteiger partial charge >= 0.3 is 0 Å². The summed E-state index contributed by atoms with van der Waals surface area (Å²) in [6, 6.07) is 27.3. The number of benzene rings is 3. The van der Waals surface area contributed by atoms with Crippen LogP contribution in [0.25, 0.3) is 22.5 Å². The monoisotopic (exact) mass is 354 g/mol. The van der Waals surface area contributed by atoms with Crippen molar-refractivity contribution in [1.29, 1.82) is 0 Å². The fraction of sp³-hybridized carbons (Fsp3) is 0.0455. The third-order valence-corrected chi connectivity index (χ3v) is 4.23. The van der Waals surface area contributed by atoms with Gasteiger partial charge in [-0.15, -0.1) is 0 Å². The first kappa shape index (κ1) is 16.7. The molecule has 3 aromatic carbocycles. The first-order valence-corrected chi connectivity index (χ1v) is 8.70. The van der Waals surface area contributed by atoms with Crippen molar-refractivity contribution in [2.45, 2.75) is 6.54 Å². The highest BCUT2D eigenvalue weighted by Crippen LogP contribution is 2.19. The van der Waals surface area contributed by atoms with E-state index >= 15 is 0 Å². The van der Waals surface area contributed by atoms with E-state index in [0.717, 1.165) is 16.7 Å². The van der Waals surface area contributed by atoms with Gasteiger partial charge in [-0.05, 0) is 23.3 Å². The molecule has 0 aliphatic heterocycles. The maximum absolute atomic E-state index is 12.4. The van der Waals surface area contributed by atoms with E-state index in [1.54, 1.807) is 0 Å². The van der Waals surface area contributed by atoms with E-state index in [9.17, 15) is 4.79 Å². The standard InChI is InChI=1S/C22H18N4O/c27-22(19-13-11-17(12-14-19)16-7-3-1-4-8-16)23-15-20-24-21(26-25-20)18-9-5-2-6-10-18/h1-14H,15H2,(H,23,27)(H,24,25,26). The highest BCUT2D eigenvalue weighted by molar-refractivity contribution is 5.94. The lowest BCUT2D eigenvalue weighted by molar-refractivity contribution is 0.0950. The van der Waals surface area contributed by atoms with E-state index in [0.29, 0.717) is 23.8 Å². The van der Waals surface area contributed by atoms with Crippen LogP contribution in [0, 0.1) is 0 Å². The van der Waals surface area contributed by atoms with Crippen LogP contribution in [0.3, 0.4) is 0 Å². The topological polar surface area (TPSA) is 70.7 Å². The zero-order chi connectivity index (χ0) is 18.5. The zero-order valence-electron chi connectivity index (χ0n) is 14.6. The number of aromatic amines is 1. The molecule has 4 aromatic rings. The average molecular weight is 354 g/mol. The Morgan fingerprint density at radius 1 is 0.778 bits per heavy atom. The second-order valence-electron chi connectivity index (χ2n) is 6.10. The molecule has 0 bridgehead atoms. The van der Waals surface area contributed by atoms with Gasteiger partial charge in [-0.3, -0.25) is 9.89 Å². The van der Waals surface area contributed by atoms with Crippen LogP contribution in [0.15, 0.2) is 84.9 Å². The Kier molecular flexibility index (Phi) is 4.74. The van der Waals surface area contributed by atoms with Crippen LogP contribution in [0.5, 0.6) is 0 Å². The molecule has 0 saturated heterocycles. The first-order valence-electron chi connectivity index (χ1n) is 8.70. The lowest BCUT2D eigenvalue weighted by Crippen LogP contribution is -2.23. The molecular weight excluding hydrogens is 336 g/mol. The van der Waals surface area contributed by atoms with Crippen molar-refractivity contribution in [3.63, 3.8) is 0 Å². The van der Waals surface area contributed by atoms with Crippen LogP contribution in [0.1, 0.15) is 16.2 Å². The van der Waals surface area contributed by atoms with Crippen LogP contribution in [0.2, 0.25) is 0 Å². The van der Waals surface area contributed by atoms with Gasteiger partial charge < -0.3 is 5.32 Å². The number of nitrogens with zero attached hydrogens (tertiary/aromatic N) is 2. The molecule has 1 amide bonds. The fourth-order valence-electron chi connectivity index (χ4n) is 2.80. The minimum Gasteiger partial charge on any atom is -0.345 e. The Morgan fingerprint density at radius 2 is 1.37 bits per heavy atom.